The molecular formula is C12H18BrClN2O3S. The summed E-state index contributed by atoms with van der Waals surface area (Å²) in [6.45, 7) is 2.28. The Hall–Kier alpha value is -0.340. The van der Waals surface area contributed by atoms with Gasteiger partial charge in [0.1, 0.15) is 0 Å². The molecule has 20 heavy (non-hydrogen) atoms. The molecule has 3 N–H and O–H groups in total. The van der Waals surface area contributed by atoms with Crippen LogP contribution < -0.4 is 10.5 Å². The van der Waals surface area contributed by atoms with Crippen molar-refractivity contribution in [3.63, 3.8) is 0 Å². The zero-order chi connectivity index (χ0) is 15.3. The summed E-state index contributed by atoms with van der Waals surface area (Å²) in [7, 11) is -2.19. The van der Waals surface area contributed by atoms with Crippen LogP contribution in [0, 0.1) is 0 Å². The second-order valence-electron chi connectivity index (χ2n) is 4.37. The van der Waals surface area contributed by atoms with Gasteiger partial charge in [0.25, 0.3) is 0 Å². The molecule has 0 aliphatic carbocycles. The fourth-order valence-electron chi connectivity index (χ4n) is 1.79. The topological polar surface area (TPSA) is 81.4 Å². The minimum Gasteiger partial charge on any atom is -0.398 e. The van der Waals surface area contributed by atoms with Crippen molar-refractivity contribution in [2.45, 2.75) is 30.7 Å². The van der Waals surface area contributed by atoms with Crippen LogP contribution >= 0.6 is 27.5 Å². The van der Waals surface area contributed by atoms with E-state index in [0.717, 1.165) is 6.42 Å². The third-order valence-corrected chi connectivity index (χ3v) is 5.56. The molecule has 0 aliphatic rings. The average Bonchev–Trinajstić information content (AvgIpc) is 2.33. The number of halogens is 2. The number of ether oxygens (including phenoxy) is 1. The lowest BCUT2D eigenvalue weighted by Gasteiger charge is -2.18. The zero-order valence-corrected chi connectivity index (χ0v) is 14.5. The second-order valence-corrected chi connectivity index (χ2v) is 7.28. The van der Waals surface area contributed by atoms with Gasteiger partial charge in [0.2, 0.25) is 10.0 Å². The number of methoxy groups -OCH3 is 1. The minimum absolute atomic E-state index is 0.0275. The number of hydrogen-bond donors (Lipinski definition) is 2. The number of sulfonamides is 1. The zero-order valence-electron chi connectivity index (χ0n) is 11.3. The molecule has 0 heterocycles. The highest BCUT2D eigenvalue weighted by Gasteiger charge is 2.23. The van der Waals surface area contributed by atoms with Gasteiger partial charge < -0.3 is 10.5 Å². The Balaban J connectivity index is 3.10. The minimum atomic E-state index is -3.72. The predicted molar refractivity (Wildman–Crippen MR) is 84.5 cm³/mol. The molecule has 5 nitrogen and oxygen atoms in total. The Kier molecular flexibility index (Phi) is 6.74. The third-order valence-electron chi connectivity index (χ3n) is 2.65. The average molecular weight is 386 g/mol. The predicted octanol–water partition coefficient (Wildman–Crippen LogP) is 2.78. The van der Waals surface area contributed by atoms with Gasteiger partial charge in [-0.3, -0.25) is 0 Å². The van der Waals surface area contributed by atoms with E-state index in [4.69, 9.17) is 22.1 Å². The lowest BCUT2D eigenvalue weighted by Crippen LogP contribution is -2.38. The number of rotatable bonds is 7. The van der Waals surface area contributed by atoms with Crippen molar-refractivity contribution in [3.05, 3.63) is 21.6 Å². The van der Waals surface area contributed by atoms with Gasteiger partial charge in [-0.25, -0.2) is 13.1 Å². The van der Waals surface area contributed by atoms with E-state index in [1.807, 2.05) is 6.92 Å². The molecule has 0 fully saturated rings. The number of nitrogen functional groups attached to an aromatic ring is 1. The second kappa shape index (κ2) is 7.61. The molecule has 1 atom stereocenters. The molecule has 1 rings (SSSR count). The molecule has 8 heteroatoms. The van der Waals surface area contributed by atoms with E-state index in [1.54, 1.807) is 0 Å². The Labute approximate surface area is 133 Å². The molecule has 0 saturated carbocycles. The Morgan fingerprint density at radius 3 is 2.70 bits per heavy atom. The number of nitrogens with one attached hydrogen (secondary N) is 1. The Morgan fingerprint density at radius 2 is 2.15 bits per heavy atom. The first-order chi connectivity index (χ1) is 9.31. The van der Waals surface area contributed by atoms with E-state index in [-0.39, 0.29) is 21.6 Å². The van der Waals surface area contributed by atoms with Crippen molar-refractivity contribution in [2.75, 3.05) is 19.5 Å². The maximum absolute atomic E-state index is 12.4. The lowest BCUT2D eigenvalue weighted by molar-refractivity contribution is 0.171. The van der Waals surface area contributed by atoms with Crippen LogP contribution in [0.5, 0.6) is 0 Å². The van der Waals surface area contributed by atoms with E-state index >= 15 is 0 Å². The molecule has 0 saturated heterocycles. The van der Waals surface area contributed by atoms with Gasteiger partial charge in [0.05, 0.1) is 16.0 Å². The summed E-state index contributed by atoms with van der Waals surface area (Å²) in [5.74, 6) is 0. The highest BCUT2D eigenvalue weighted by atomic mass is 79.9. The molecule has 1 unspecified atom stereocenters. The molecule has 0 aliphatic heterocycles. The summed E-state index contributed by atoms with van der Waals surface area (Å²) in [4.78, 5) is 0.0275. The van der Waals surface area contributed by atoms with E-state index in [0.29, 0.717) is 17.5 Å². The van der Waals surface area contributed by atoms with Crippen molar-refractivity contribution >= 4 is 43.2 Å². The summed E-state index contributed by atoms with van der Waals surface area (Å²) >= 11 is 9.05. The molecule has 1 aromatic carbocycles. The van der Waals surface area contributed by atoms with Crippen LogP contribution in [0.15, 0.2) is 21.5 Å². The van der Waals surface area contributed by atoms with Crippen molar-refractivity contribution < 1.29 is 13.2 Å². The number of benzene rings is 1. The Bertz CT molecular complexity index is 560. The number of hydrogen-bond acceptors (Lipinski definition) is 4. The molecule has 0 radical (unpaired) electrons. The monoisotopic (exact) mass is 384 g/mol. The lowest BCUT2D eigenvalue weighted by atomic mass is 10.2. The summed E-state index contributed by atoms with van der Waals surface area (Å²) in [5, 5.41) is 0.268. The van der Waals surface area contributed by atoms with Gasteiger partial charge in [0.15, 0.2) is 0 Å². The maximum atomic E-state index is 12.4. The highest BCUT2D eigenvalue weighted by molar-refractivity contribution is 9.10. The standard InChI is InChI=1S/C12H18BrClN2O3S/c1-3-4-9(7-19-2)16-20(17,18)11-6-8(14)5-10(15)12(11)13/h5-6,9,16H,3-4,7,15H2,1-2H3. The van der Waals surface area contributed by atoms with Crippen molar-refractivity contribution in [1.82, 2.24) is 4.72 Å². The third kappa shape index (κ3) is 4.60. The van der Waals surface area contributed by atoms with Gasteiger partial charge >= 0.3 is 0 Å². The van der Waals surface area contributed by atoms with Crippen molar-refractivity contribution in [2.24, 2.45) is 0 Å². The van der Waals surface area contributed by atoms with Gasteiger partial charge in [-0.05, 0) is 34.5 Å². The summed E-state index contributed by atoms with van der Waals surface area (Å²) in [6, 6.07) is 2.56. The fourth-order valence-corrected chi connectivity index (χ4v) is 4.34. The smallest absolute Gasteiger partial charge is 0.242 e. The van der Waals surface area contributed by atoms with E-state index in [2.05, 4.69) is 20.7 Å². The fraction of sp³-hybridized carbons (Fsp3) is 0.500. The molecule has 0 aromatic heterocycles. The van der Waals surface area contributed by atoms with Crippen LogP contribution in [0.1, 0.15) is 19.8 Å². The summed E-state index contributed by atoms with van der Waals surface area (Å²) in [5.41, 5.74) is 5.99. The van der Waals surface area contributed by atoms with E-state index in [1.165, 1.54) is 19.2 Å². The van der Waals surface area contributed by atoms with Crippen LogP contribution in [0.2, 0.25) is 5.02 Å². The SMILES string of the molecule is CCCC(COC)NS(=O)(=O)c1cc(Cl)cc(N)c1Br. The van der Waals surface area contributed by atoms with Crippen LogP contribution in [0.25, 0.3) is 0 Å². The highest BCUT2D eigenvalue weighted by Crippen LogP contribution is 2.31. The number of anilines is 1. The first-order valence-electron chi connectivity index (χ1n) is 6.07. The molecular weight excluding hydrogens is 368 g/mol. The maximum Gasteiger partial charge on any atom is 0.242 e. The molecule has 0 amide bonds. The van der Waals surface area contributed by atoms with Gasteiger partial charge in [-0.2, -0.15) is 0 Å². The van der Waals surface area contributed by atoms with Crippen LogP contribution in [-0.4, -0.2) is 28.2 Å². The molecule has 114 valence electrons. The van der Waals surface area contributed by atoms with Crippen LogP contribution in [0.3, 0.4) is 0 Å². The van der Waals surface area contributed by atoms with Gasteiger partial charge in [0, 0.05) is 23.9 Å². The van der Waals surface area contributed by atoms with Gasteiger partial charge in [-0.15, -0.1) is 0 Å². The largest absolute Gasteiger partial charge is 0.398 e. The molecule has 1 aromatic rings. The quantitative estimate of drug-likeness (QED) is 0.707. The normalized spacial score (nSPS) is 13.4. The van der Waals surface area contributed by atoms with Crippen molar-refractivity contribution in [3.8, 4) is 0 Å². The molecule has 0 spiro atoms. The van der Waals surface area contributed by atoms with E-state index < -0.39 is 10.0 Å². The number of nitrogens with two attached hydrogens (primary N) is 1. The first-order valence-corrected chi connectivity index (χ1v) is 8.73. The van der Waals surface area contributed by atoms with Crippen LogP contribution in [-0.2, 0) is 14.8 Å². The Morgan fingerprint density at radius 1 is 1.50 bits per heavy atom. The summed E-state index contributed by atoms with van der Waals surface area (Å²) < 4.78 is 32.8. The summed E-state index contributed by atoms with van der Waals surface area (Å²) in [6.07, 6.45) is 1.52. The molecule has 0 bridgehead atoms. The van der Waals surface area contributed by atoms with Crippen LogP contribution in [0.4, 0.5) is 5.69 Å². The van der Waals surface area contributed by atoms with E-state index in [9.17, 15) is 8.42 Å². The van der Waals surface area contributed by atoms with Gasteiger partial charge in [-0.1, -0.05) is 24.9 Å². The first kappa shape index (κ1) is 17.7. The van der Waals surface area contributed by atoms with Crippen molar-refractivity contribution in [1.29, 1.82) is 0 Å².